The second kappa shape index (κ2) is 12.9. The summed E-state index contributed by atoms with van der Waals surface area (Å²) in [4.78, 5) is 4.75. The molecule has 0 radical (unpaired) electrons. The average molecular weight is 783 g/mol. The van der Waals surface area contributed by atoms with Crippen LogP contribution >= 0.6 is 11.3 Å². The maximum atomic E-state index is 6.76. The number of para-hydroxylation sites is 1. The van der Waals surface area contributed by atoms with E-state index in [1.165, 1.54) is 63.3 Å². The molecule has 3 nitrogen and oxygen atoms in total. The van der Waals surface area contributed by atoms with Crippen LogP contribution in [0, 0.1) is 0 Å². The van der Waals surface area contributed by atoms with Crippen molar-refractivity contribution in [3.63, 3.8) is 0 Å². The summed E-state index contributed by atoms with van der Waals surface area (Å²) in [5.41, 5.74) is 8.26. The molecule has 0 atom stereocenters. The van der Waals surface area contributed by atoms with Crippen LogP contribution in [0.2, 0.25) is 0 Å². The Hall–Kier alpha value is -7.66. The van der Waals surface area contributed by atoms with Crippen LogP contribution in [0.1, 0.15) is 0 Å². The van der Waals surface area contributed by atoms with Gasteiger partial charge in [-0.3, -0.25) is 0 Å². The van der Waals surface area contributed by atoms with Gasteiger partial charge < -0.3 is 14.2 Å². The molecule has 11 aromatic carbocycles. The van der Waals surface area contributed by atoms with Crippen molar-refractivity contribution in [2.45, 2.75) is 0 Å². The molecular formula is C56H34N2OS. The van der Waals surface area contributed by atoms with Crippen LogP contribution in [0.25, 0.3) is 85.2 Å². The number of anilines is 6. The van der Waals surface area contributed by atoms with Crippen LogP contribution in [0.15, 0.2) is 211 Å². The van der Waals surface area contributed by atoms with E-state index in [1.807, 2.05) is 11.3 Å². The second-order valence-corrected chi connectivity index (χ2v) is 16.8. The van der Waals surface area contributed by atoms with E-state index in [0.717, 1.165) is 56.1 Å². The van der Waals surface area contributed by atoms with Gasteiger partial charge in [-0.2, -0.15) is 0 Å². The maximum Gasteiger partial charge on any atom is 0.137 e. The molecule has 4 heteroatoms. The quantitative estimate of drug-likeness (QED) is 0.157. The molecule has 0 fully saturated rings. The number of furan rings is 1. The minimum atomic E-state index is 0.849. The van der Waals surface area contributed by atoms with Crippen LogP contribution in [0.5, 0.6) is 0 Å². The fourth-order valence-electron chi connectivity index (χ4n) is 9.61. The fraction of sp³-hybridized carbons (Fsp3) is 0. The highest BCUT2D eigenvalue weighted by Crippen LogP contribution is 2.46. The molecule has 0 amide bonds. The van der Waals surface area contributed by atoms with Crippen molar-refractivity contribution in [3.05, 3.63) is 206 Å². The summed E-state index contributed by atoms with van der Waals surface area (Å²) in [5, 5.41) is 14.8. The topological polar surface area (TPSA) is 19.6 Å². The van der Waals surface area contributed by atoms with Crippen LogP contribution in [-0.4, -0.2) is 0 Å². The summed E-state index contributed by atoms with van der Waals surface area (Å²) in [6, 6.07) is 75.0. The molecule has 2 heterocycles. The van der Waals surface area contributed by atoms with E-state index in [2.05, 4.69) is 216 Å². The third kappa shape index (κ3) is 5.08. The third-order valence-corrected chi connectivity index (χ3v) is 13.4. The lowest BCUT2D eigenvalue weighted by atomic mass is 9.93. The molecule has 0 N–H and O–H groups in total. The van der Waals surface area contributed by atoms with Crippen molar-refractivity contribution in [2.24, 2.45) is 0 Å². The van der Waals surface area contributed by atoms with Gasteiger partial charge in [0.25, 0.3) is 0 Å². The highest BCUT2D eigenvalue weighted by Gasteiger charge is 2.21. The first-order valence-electron chi connectivity index (χ1n) is 20.4. The Morgan fingerprint density at radius 1 is 0.300 bits per heavy atom. The number of fused-ring (bicyclic) bond motifs is 7. The maximum absolute atomic E-state index is 6.76. The predicted octanol–water partition coefficient (Wildman–Crippen LogP) is 16.9. The zero-order valence-corrected chi connectivity index (χ0v) is 33.2. The number of rotatable bonds is 6. The van der Waals surface area contributed by atoms with Gasteiger partial charge in [-0.05, 0) is 117 Å². The third-order valence-electron chi connectivity index (χ3n) is 12.3. The minimum Gasteiger partial charge on any atom is -0.456 e. The van der Waals surface area contributed by atoms with E-state index in [9.17, 15) is 0 Å². The van der Waals surface area contributed by atoms with E-state index < -0.39 is 0 Å². The molecule has 0 aliphatic heterocycles. The Morgan fingerprint density at radius 2 is 0.900 bits per heavy atom. The largest absolute Gasteiger partial charge is 0.456 e. The van der Waals surface area contributed by atoms with Gasteiger partial charge in [-0.1, -0.05) is 121 Å². The van der Waals surface area contributed by atoms with Crippen LogP contribution in [-0.2, 0) is 0 Å². The van der Waals surface area contributed by atoms with Gasteiger partial charge in [-0.25, -0.2) is 0 Å². The minimum absolute atomic E-state index is 0.849. The molecule has 60 heavy (non-hydrogen) atoms. The van der Waals surface area contributed by atoms with Crippen molar-refractivity contribution in [3.8, 4) is 0 Å². The summed E-state index contributed by atoms with van der Waals surface area (Å²) < 4.78 is 9.32. The van der Waals surface area contributed by atoms with Crippen molar-refractivity contribution >= 4 is 131 Å². The summed E-state index contributed by atoms with van der Waals surface area (Å²) in [5.74, 6) is 0. The molecule has 13 rings (SSSR count). The van der Waals surface area contributed by atoms with Gasteiger partial charge in [0, 0.05) is 70.8 Å². The number of nitrogens with zero attached hydrogens (tertiary/aromatic N) is 2. The molecule has 0 saturated heterocycles. The standard InChI is InChI=1S/C56H34N2OS/c1-2-14-40(15-3-1)58(50-18-9-11-35-10-4-5-16-45(35)50)41-26-29-51-49(32-41)46-27-24-42(33-52(46)59-51)57(43-25-28-48-47-17-6-7-19-53(47)60-54(48)34-43)44-30-38-22-20-36-12-8-13-37-21-23-39(31-44)56(38)55(36)37/h1-34H. The highest BCUT2D eigenvalue weighted by molar-refractivity contribution is 7.25. The van der Waals surface area contributed by atoms with E-state index in [0.29, 0.717) is 0 Å². The van der Waals surface area contributed by atoms with Gasteiger partial charge in [0.05, 0.1) is 5.69 Å². The monoisotopic (exact) mass is 782 g/mol. The average Bonchev–Trinajstić information content (AvgIpc) is 3.86. The Morgan fingerprint density at radius 3 is 1.73 bits per heavy atom. The molecule has 0 aliphatic carbocycles. The van der Waals surface area contributed by atoms with Crippen molar-refractivity contribution in [1.29, 1.82) is 0 Å². The van der Waals surface area contributed by atoms with Crippen LogP contribution in [0.3, 0.4) is 0 Å². The number of hydrogen-bond acceptors (Lipinski definition) is 4. The zero-order chi connectivity index (χ0) is 39.3. The van der Waals surface area contributed by atoms with E-state index in [1.54, 1.807) is 0 Å². The zero-order valence-electron chi connectivity index (χ0n) is 32.3. The van der Waals surface area contributed by atoms with Gasteiger partial charge in [0.2, 0.25) is 0 Å². The molecule has 0 saturated carbocycles. The molecular weight excluding hydrogens is 749 g/mol. The first kappa shape index (κ1) is 33.3. The summed E-state index contributed by atoms with van der Waals surface area (Å²) in [7, 11) is 0. The second-order valence-electron chi connectivity index (χ2n) is 15.7. The lowest BCUT2D eigenvalue weighted by Gasteiger charge is -2.27. The Labute approximate surface area is 349 Å². The normalized spacial score (nSPS) is 12.0. The summed E-state index contributed by atoms with van der Waals surface area (Å²) in [6.07, 6.45) is 0. The SMILES string of the molecule is c1ccc(N(c2ccc3oc4cc(N(c5cc6ccc7cccc8ccc(c5)c6c78)c5ccc6c(c5)sc5ccccc56)ccc4c3c2)c2cccc3ccccc23)cc1. The van der Waals surface area contributed by atoms with Gasteiger partial charge >= 0.3 is 0 Å². The summed E-state index contributed by atoms with van der Waals surface area (Å²) in [6.45, 7) is 0. The number of hydrogen-bond donors (Lipinski definition) is 0. The molecule has 0 aliphatic rings. The Kier molecular flexibility index (Phi) is 7.18. The van der Waals surface area contributed by atoms with Gasteiger partial charge in [0.15, 0.2) is 0 Å². The van der Waals surface area contributed by atoms with Crippen molar-refractivity contribution in [1.82, 2.24) is 0 Å². The Bertz CT molecular complexity index is 3740. The van der Waals surface area contributed by atoms with Gasteiger partial charge in [0.1, 0.15) is 11.2 Å². The van der Waals surface area contributed by atoms with E-state index >= 15 is 0 Å². The Balaban J connectivity index is 0.996. The first-order valence-corrected chi connectivity index (χ1v) is 21.2. The lowest BCUT2D eigenvalue weighted by Crippen LogP contribution is -2.10. The molecule has 0 spiro atoms. The highest BCUT2D eigenvalue weighted by atomic mass is 32.1. The van der Waals surface area contributed by atoms with Crippen LogP contribution < -0.4 is 9.80 Å². The first-order chi connectivity index (χ1) is 29.7. The van der Waals surface area contributed by atoms with E-state index in [-0.39, 0.29) is 0 Å². The van der Waals surface area contributed by atoms with Crippen molar-refractivity contribution in [2.75, 3.05) is 9.80 Å². The smallest absolute Gasteiger partial charge is 0.137 e. The molecule has 280 valence electrons. The summed E-state index contributed by atoms with van der Waals surface area (Å²) >= 11 is 1.85. The van der Waals surface area contributed by atoms with Gasteiger partial charge in [-0.15, -0.1) is 11.3 Å². The molecule has 13 aromatic rings. The fourth-order valence-corrected chi connectivity index (χ4v) is 10.7. The van der Waals surface area contributed by atoms with Crippen LogP contribution in [0.4, 0.5) is 34.1 Å². The molecule has 2 aromatic heterocycles. The molecule has 0 unspecified atom stereocenters. The number of benzene rings is 11. The predicted molar refractivity (Wildman–Crippen MR) is 257 cm³/mol. The van der Waals surface area contributed by atoms with Crippen molar-refractivity contribution < 1.29 is 4.42 Å². The lowest BCUT2D eigenvalue weighted by molar-refractivity contribution is 0.669. The molecule has 0 bridgehead atoms. The number of thiophene rings is 1. The van der Waals surface area contributed by atoms with E-state index in [4.69, 9.17) is 4.42 Å².